The monoisotopic (exact) mass is 347 g/mol. The molecule has 3 aliphatic carbocycles. The molecular weight excluding hydrogens is 318 g/mol. The number of rotatable bonds is 5. The summed E-state index contributed by atoms with van der Waals surface area (Å²) in [6, 6.07) is 16.1. The van der Waals surface area contributed by atoms with Gasteiger partial charge in [-0.1, -0.05) is 61.9 Å². The third-order valence-electron chi connectivity index (χ3n) is 6.62. The topological polar surface area (TPSA) is 23.5 Å². The molecule has 0 amide bonds. The van der Waals surface area contributed by atoms with Gasteiger partial charge in [-0.15, -0.1) is 0 Å². The third kappa shape index (κ3) is 3.19. The SMILES string of the molecule is CN(CC1=CC[C@H]2C[C@@H]1C2(C)C)Cc1ccc(-c2cccc(O)c2)cc1. The molecule has 0 aliphatic heterocycles. The van der Waals surface area contributed by atoms with Gasteiger partial charge in [0.25, 0.3) is 0 Å². The van der Waals surface area contributed by atoms with Crippen LogP contribution in [-0.2, 0) is 6.54 Å². The Labute approximate surface area is 157 Å². The van der Waals surface area contributed by atoms with Crippen LogP contribution < -0.4 is 0 Å². The van der Waals surface area contributed by atoms with Crippen molar-refractivity contribution in [2.45, 2.75) is 33.2 Å². The summed E-state index contributed by atoms with van der Waals surface area (Å²) in [5.41, 5.74) is 5.69. The number of hydrogen-bond acceptors (Lipinski definition) is 2. The van der Waals surface area contributed by atoms with Gasteiger partial charge < -0.3 is 5.11 Å². The van der Waals surface area contributed by atoms with E-state index in [1.165, 1.54) is 18.4 Å². The number of phenols is 1. The number of allylic oxidation sites excluding steroid dienone is 1. The molecule has 0 spiro atoms. The molecule has 0 saturated heterocycles. The summed E-state index contributed by atoms with van der Waals surface area (Å²) in [6.45, 7) is 6.93. The molecule has 3 aliphatic rings. The number of likely N-dealkylation sites (N-methyl/N-ethyl adjacent to an activating group) is 1. The summed E-state index contributed by atoms with van der Waals surface area (Å²) < 4.78 is 0. The van der Waals surface area contributed by atoms with E-state index in [0.29, 0.717) is 11.2 Å². The standard InChI is InChI=1S/C24H29NO/c1-24(2)21-12-11-20(23(24)14-21)16-25(3)15-17-7-9-18(10-8-17)19-5-4-6-22(26)13-19/h4-11,13,21,23,26H,12,14-16H2,1-3H3/t21-,23-/m0/s1. The molecule has 2 atom stereocenters. The molecule has 1 fully saturated rings. The minimum Gasteiger partial charge on any atom is -0.508 e. The van der Waals surface area contributed by atoms with Crippen molar-refractivity contribution >= 4 is 0 Å². The van der Waals surface area contributed by atoms with Crippen LogP contribution in [0.4, 0.5) is 0 Å². The van der Waals surface area contributed by atoms with Gasteiger partial charge >= 0.3 is 0 Å². The average Bonchev–Trinajstić information content (AvgIpc) is 2.62. The maximum absolute atomic E-state index is 9.65. The lowest BCUT2D eigenvalue weighted by atomic mass is 9.49. The van der Waals surface area contributed by atoms with Gasteiger partial charge in [0.15, 0.2) is 0 Å². The van der Waals surface area contributed by atoms with E-state index in [1.807, 2.05) is 18.2 Å². The zero-order valence-electron chi connectivity index (χ0n) is 16.1. The van der Waals surface area contributed by atoms with Crippen LogP contribution in [0.3, 0.4) is 0 Å². The van der Waals surface area contributed by atoms with E-state index in [0.717, 1.165) is 36.1 Å². The summed E-state index contributed by atoms with van der Waals surface area (Å²) in [6.07, 6.45) is 5.17. The van der Waals surface area contributed by atoms with Gasteiger partial charge in [0.05, 0.1) is 0 Å². The van der Waals surface area contributed by atoms with Gasteiger partial charge in [-0.2, -0.15) is 0 Å². The average molecular weight is 348 g/mol. The highest BCUT2D eigenvalue weighted by Crippen LogP contribution is 2.59. The van der Waals surface area contributed by atoms with E-state index in [-0.39, 0.29) is 0 Å². The van der Waals surface area contributed by atoms with Gasteiger partial charge in [-0.3, -0.25) is 4.90 Å². The van der Waals surface area contributed by atoms with Crippen LogP contribution in [0.15, 0.2) is 60.2 Å². The van der Waals surface area contributed by atoms with Crippen molar-refractivity contribution in [2.75, 3.05) is 13.6 Å². The van der Waals surface area contributed by atoms with E-state index in [4.69, 9.17) is 0 Å². The molecular formula is C24H29NO. The first-order valence-corrected chi connectivity index (χ1v) is 9.69. The maximum atomic E-state index is 9.65. The second-order valence-electron chi connectivity index (χ2n) is 8.74. The van der Waals surface area contributed by atoms with Crippen molar-refractivity contribution in [1.29, 1.82) is 0 Å². The van der Waals surface area contributed by atoms with Crippen LogP contribution in [0.5, 0.6) is 5.75 Å². The van der Waals surface area contributed by atoms with Gasteiger partial charge in [-0.25, -0.2) is 0 Å². The molecule has 0 aromatic heterocycles. The maximum Gasteiger partial charge on any atom is 0.116 e. The minimum atomic E-state index is 0.313. The lowest BCUT2D eigenvalue weighted by Crippen LogP contribution is -2.49. The molecule has 1 saturated carbocycles. The van der Waals surface area contributed by atoms with Crippen molar-refractivity contribution in [3.05, 3.63) is 65.7 Å². The largest absolute Gasteiger partial charge is 0.508 e. The number of aromatic hydroxyl groups is 1. The molecule has 2 bridgehead atoms. The quantitative estimate of drug-likeness (QED) is 0.724. The summed E-state index contributed by atoms with van der Waals surface area (Å²) in [5.74, 6) is 2.01. The fourth-order valence-corrected chi connectivity index (χ4v) is 4.82. The van der Waals surface area contributed by atoms with Crippen molar-refractivity contribution < 1.29 is 5.11 Å². The predicted molar refractivity (Wildman–Crippen MR) is 108 cm³/mol. The van der Waals surface area contributed by atoms with Gasteiger partial charge in [0.1, 0.15) is 5.75 Å². The highest BCUT2D eigenvalue weighted by molar-refractivity contribution is 5.65. The summed E-state index contributed by atoms with van der Waals surface area (Å²) >= 11 is 0. The normalized spacial score (nSPS) is 23.5. The second kappa shape index (κ2) is 6.59. The van der Waals surface area contributed by atoms with Crippen LogP contribution in [0.25, 0.3) is 11.1 Å². The molecule has 2 heteroatoms. The zero-order chi connectivity index (χ0) is 18.3. The smallest absolute Gasteiger partial charge is 0.116 e. The van der Waals surface area contributed by atoms with Crippen LogP contribution in [-0.4, -0.2) is 23.6 Å². The zero-order valence-corrected chi connectivity index (χ0v) is 16.1. The lowest BCUT2D eigenvalue weighted by Gasteiger charge is -2.57. The summed E-state index contributed by atoms with van der Waals surface area (Å²) in [5, 5.41) is 9.65. The Balaban J connectivity index is 1.39. The van der Waals surface area contributed by atoms with E-state index >= 15 is 0 Å². The Morgan fingerprint density at radius 1 is 1.04 bits per heavy atom. The molecule has 5 rings (SSSR count). The van der Waals surface area contributed by atoms with Crippen molar-refractivity contribution in [3.8, 4) is 16.9 Å². The number of nitrogens with zero attached hydrogens (tertiary/aromatic N) is 1. The van der Waals surface area contributed by atoms with Crippen LogP contribution in [0, 0.1) is 17.3 Å². The number of hydrogen-bond donors (Lipinski definition) is 1. The molecule has 2 nitrogen and oxygen atoms in total. The first-order valence-electron chi connectivity index (χ1n) is 9.69. The first kappa shape index (κ1) is 17.4. The fraction of sp³-hybridized carbons (Fsp3) is 0.417. The Kier molecular flexibility index (Phi) is 4.40. The van der Waals surface area contributed by atoms with Gasteiger partial charge in [0, 0.05) is 13.1 Å². The van der Waals surface area contributed by atoms with E-state index in [9.17, 15) is 5.11 Å². The molecule has 2 aromatic rings. The molecule has 1 N–H and O–H groups in total. The Bertz CT molecular complexity index is 818. The number of benzene rings is 2. The molecule has 0 heterocycles. The summed E-state index contributed by atoms with van der Waals surface area (Å²) in [7, 11) is 2.22. The number of fused-ring (bicyclic) bond motifs is 1. The molecule has 2 aromatic carbocycles. The van der Waals surface area contributed by atoms with E-state index in [1.54, 1.807) is 11.6 Å². The van der Waals surface area contributed by atoms with E-state index < -0.39 is 0 Å². The fourth-order valence-electron chi connectivity index (χ4n) is 4.82. The Hall–Kier alpha value is -2.06. The Morgan fingerprint density at radius 2 is 1.81 bits per heavy atom. The Morgan fingerprint density at radius 3 is 2.46 bits per heavy atom. The highest BCUT2D eigenvalue weighted by atomic mass is 16.3. The lowest BCUT2D eigenvalue weighted by molar-refractivity contribution is -0.0101. The minimum absolute atomic E-state index is 0.313. The molecule has 26 heavy (non-hydrogen) atoms. The molecule has 136 valence electrons. The predicted octanol–water partition coefficient (Wildman–Crippen LogP) is 5.48. The van der Waals surface area contributed by atoms with Crippen molar-refractivity contribution in [2.24, 2.45) is 17.3 Å². The van der Waals surface area contributed by atoms with Crippen molar-refractivity contribution in [3.63, 3.8) is 0 Å². The van der Waals surface area contributed by atoms with Crippen molar-refractivity contribution in [1.82, 2.24) is 4.90 Å². The molecule has 0 unspecified atom stereocenters. The second-order valence-corrected chi connectivity index (χ2v) is 8.74. The first-order chi connectivity index (χ1) is 12.4. The third-order valence-corrected chi connectivity index (χ3v) is 6.62. The highest BCUT2D eigenvalue weighted by Gasteiger charge is 2.50. The summed E-state index contributed by atoms with van der Waals surface area (Å²) in [4.78, 5) is 2.43. The molecule has 0 radical (unpaired) electrons. The number of phenolic OH excluding ortho intramolecular Hbond substituents is 1. The van der Waals surface area contributed by atoms with E-state index in [2.05, 4.69) is 56.1 Å². The van der Waals surface area contributed by atoms with Crippen LogP contribution in [0.1, 0.15) is 32.3 Å². The van der Waals surface area contributed by atoms with Gasteiger partial charge in [-0.05, 0) is 66.0 Å². The van der Waals surface area contributed by atoms with Gasteiger partial charge in [0.2, 0.25) is 0 Å². The van der Waals surface area contributed by atoms with Crippen LogP contribution >= 0.6 is 0 Å². The van der Waals surface area contributed by atoms with Crippen LogP contribution in [0.2, 0.25) is 0 Å².